The summed E-state index contributed by atoms with van der Waals surface area (Å²) < 4.78 is 0. The molecule has 102 valence electrons. The van der Waals surface area contributed by atoms with Gasteiger partial charge in [-0.05, 0) is 36.5 Å². The van der Waals surface area contributed by atoms with Crippen LogP contribution in [0.1, 0.15) is 36.4 Å². The zero-order valence-corrected chi connectivity index (χ0v) is 11.2. The number of nitrogens with zero attached hydrogens (tertiary/aromatic N) is 1. The molecule has 1 fully saturated rings. The SMILES string of the molecule is CN1CC(NC2CCc3c(O)cccc32)CCC1=O. The Hall–Kier alpha value is -1.55. The predicted molar refractivity (Wildman–Crippen MR) is 73.0 cm³/mol. The number of carbonyl (C=O) groups excluding carboxylic acids is 1. The molecule has 1 aromatic carbocycles. The van der Waals surface area contributed by atoms with Crippen molar-refractivity contribution in [3.8, 4) is 5.75 Å². The maximum atomic E-state index is 11.5. The third-order valence-corrected chi connectivity index (χ3v) is 4.31. The fourth-order valence-corrected chi connectivity index (χ4v) is 3.24. The normalized spacial score (nSPS) is 26.6. The number of phenols is 1. The fraction of sp³-hybridized carbons (Fsp3) is 0.533. The van der Waals surface area contributed by atoms with Crippen LogP contribution in [0.4, 0.5) is 0 Å². The van der Waals surface area contributed by atoms with Crippen molar-refractivity contribution in [1.29, 1.82) is 0 Å². The van der Waals surface area contributed by atoms with E-state index < -0.39 is 0 Å². The lowest BCUT2D eigenvalue weighted by atomic mass is 10.0. The Morgan fingerprint density at radius 2 is 2.16 bits per heavy atom. The van der Waals surface area contributed by atoms with Crippen LogP contribution in [0.15, 0.2) is 18.2 Å². The topological polar surface area (TPSA) is 52.6 Å². The zero-order valence-electron chi connectivity index (χ0n) is 11.2. The van der Waals surface area contributed by atoms with Gasteiger partial charge in [0.2, 0.25) is 5.91 Å². The van der Waals surface area contributed by atoms with Crippen LogP contribution in [-0.4, -0.2) is 35.5 Å². The van der Waals surface area contributed by atoms with Crippen LogP contribution >= 0.6 is 0 Å². The Bertz CT molecular complexity index is 501. The van der Waals surface area contributed by atoms with Crippen LogP contribution in [0, 0.1) is 0 Å². The van der Waals surface area contributed by atoms with Gasteiger partial charge in [0.1, 0.15) is 5.75 Å². The smallest absolute Gasteiger partial charge is 0.222 e. The van der Waals surface area contributed by atoms with Crippen LogP contribution in [0.3, 0.4) is 0 Å². The standard InChI is InChI=1S/C15H20N2O2/c1-17-9-10(5-8-15(17)19)16-13-7-6-12-11(13)3-2-4-14(12)18/h2-4,10,13,16,18H,5-9H2,1H3. The van der Waals surface area contributed by atoms with E-state index in [2.05, 4.69) is 11.4 Å². The average molecular weight is 260 g/mol. The van der Waals surface area contributed by atoms with Gasteiger partial charge in [0.05, 0.1) is 0 Å². The van der Waals surface area contributed by atoms with Gasteiger partial charge in [0, 0.05) is 32.1 Å². The molecule has 1 aliphatic heterocycles. The maximum absolute atomic E-state index is 11.5. The summed E-state index contributed by atoms with van der Waals surface area (Å²) in [5.74, 6) is 0.653. The molecule has 3 rings (SSSR count). The first-order valence-corrected chi connectivity index (χ1v) is 6.96. The molecule has 1 aromatic rings. The van der Waals surface area contributed by atoms with E-state index in [0.717, 1.165) is 31.4 Å². The molecule has 2 aliphatic rings. The molecule has 0 radical (unpaired) electrons. The molecule has 1 heterocycles. The molecule has 0 spiro atoms. The van der Waals surface area contributed by atoms with E-state index in [9.17, 15) is 9.90 Å². The third kappa shape index (κ3) is 2.32. The zero-order chi connectivity index (χ0) is 13.4. The molecule has 0 bridgehead atoms. The van der Waals surface area contributed by atoms with Gasteiger partial charge in [-0.3, -0.25) is 4.79 Å². The maximum Gasteiger partial charge on any atom is 0.222 e. The van der Waals surface area contributed by atoms with Crippen LogP contribution in [0.5, 0.6) is 5.75 Å². The van der Waals surface area contributed by atoms with Gasteiger partial charge in [-0.15, -0.1) is 0 Å². The summed E-state index contributed by atoms with van der Waals surface area (Å²) in [5, 5.41) is 13.5. The Balaban J connectivity index is 1.70. The molecule has 2 atom stereocenters. The summed E-state index contributed by atoms with van der Waals surface area (Å²) in [6, 6.07) is 6.44. The summed E-state index contributed by atoms with van der Waals surface area (Å²) in [7, 11) is 1.87. The second kappa shape index (κ2) is 4.85. The van der Waals surface area contributed by atoms with Gasteiger partial charge in [-0.1, -0.05) is 12.1 Å². The second-order valence-corrected chi connectivity index (χ2v) is 5.61. The number of aromatic hydroxyl groups is 1. The number of carbonyl (C=O) groups is 1. The van der Waals surface area contributed by atoms with Crippen molar-refractivity contribution in [2.45, 2.75) is 37.8 Å². The van der Waals surface area contributed by atoms with Gasteiger partial charge in [-0.25, -0.2) is 0 Å². The highest BCUT2D eigenvalue weighted by Crippen LogP contribution is 2.36. The number of piperidine rings is 1. The molecular weight excluding hydrogens is 240 g/mol. The third-order valence-electron chi connectivity index (χ3n) is 4.31. The highest BCUT2D eigenvalue weighted by Gasteiger charge is 2.29. The lowest BCUT2D eigenvalue weighted by molar-refractivity contribution is -0.132. The first kappa shape index (κ1) is 12.5. The Morgan fingerprint density at radius 3 is 2.95 bits per heavy atom. The quantitative estimate of drug-likeness (QED) is 0.849. The van der Waals surface area contributed by atoms with Crippen LogP contribution < -0.4 is 5.32 Å². The number of phenolic OH excluding ortho intramolecular Hbond substituents is 1. The van der Waals surface area contributed by atoms with Crippen molar-refractivity contribution < 1.29 is 9.90 Å². The number of amides is 1. The molecule has 1 saturated heterocycles. The number of likely N-dealkylation sites (N-methyl/N-ethyl adjacent to an activating group) is 1. The van der Waals surface area contributed by atoms with Crippen molar-refractivity contribution in [3.63, 3.8) is 0 Å². The number of fused-ring (bicyclic) bond motifs is 1. The van der Waals surface area contributed by atoms with Gasteiger partial charge >= 0.3 is 0 Å². The fourth-order valence-electron chi connectivity index (χ4n) is 3.24. The number of hydrogen-bond donors (Lipinski definition) is 2. The lowest BCUT2D eigenvalue weighted by Crippen LogP contribution is -2.47. The predicted octanol–water partition coefficient (Wildman–Crippen LogP) is 1.59. The Morgan fingerprint density at radius 1 is 1.32 bits per heavy atom. The van der Waals surface area contributed by atoms with E-state index in [-0.39, 0.29) is 5.91 Å². The number of rotatable bonds is 2. The molecule has 4 heteroatoms. The number of nitrogens with one attached hydrogen (secondary N) is 1. The summed E-state index contributed by atoms with van der Waals surface area (Å²) in [4.78, 5) is 13.3. The monoisotopic (exact) mass is 260 g/mol. The Labute approximate surface area is 113 Å². The minimum atomic E-state index is 0.238. The molecule has 4 nitrogen and oxygen atoms in total. The molecule has 0 saturated carbocycles. The minimum absolute atomic E-state index is 0.238. The number of hydrogen-bond acceptors (Lipinski definition) is 3. The van der Waals surface area contributed by atoms with E-state index in [0.29, 0.717) is 24.3 Å². The molecule has 1 amide bonds. The molecule has 19 heavy (non-hydrogen) atoms. The lowest BCUT2D eigenvalue weighted by Gasteiger charge is -2.32. The molecule has 2 N–H and O–H groups in total. The second-order valence-electron chi connectivity index (χ2n) is 5.61. The summed E-state index contributed by atoms with van der Waals surface area (Å²) in [5.41, 5.74) is 2.31. The largest absolute Gasteiger partial charge is 0.508 e. The molecular formula is C15H20N2O2. The van der Waals surface area contributed by atoms with Crippen LogP contribution in [0.25, 0.3) is 0 Å². The van der Waals surface area contributed by atoms with Crippen molar-refractivity contribution in [2.24, 2.45) is 0 Å². The number of benzene rings is 1. The average Bonchev–Trinajstić information content (AvgIpc) is 2.79. The Kier molecular flexibility index (Phi) is 3.19. The van der Waals surface area contributed by atoms with Crippen molar-refractivity contribution in [1.82, 2.24) is 10.2 Å². The first-order chi connectivity index (χ1) is 9.15. The van der Waals surface area contributed by atoms with E-state index in [1.54, 1.807) is 11.0 Å². The van der Waals surface area contributed by atoms with E-state index >= 15 is 0 Å². The van der Waals surface area contributed by atoms with Gasteiger partial charge in [0.15, 0.2) is 0 Å². The summed E-state index contributed by atoms with van der Waals surface area (Å²) >= 11 is 0. The van der Waals surface area contributed by atoms with Gasteiger partial charge < -0.3 is 15.3 Å². The molecule has 0 aromatic heterocycles. The summed E-state index contributed by atoms with van der Waals surface area (Å²) in [6.07, 6.45) is 3.50. The number of likely N-dealkylation sites (tertiary alicyclic amines) is 1. The highest BCUT2D eigenvalue weighted by molar-refractivity contribution is 5.76. The minimum Gasteiger partial charge on any atom is -0.508 e. The van der Waals surface area contributed by atoms with Crippen LogP contribution in [0.2, 0.25) is 0 Å². The highest BCUT2D eigenvalue weighted by atomic mass is 16.3. The van der Waals surface area contributed by atoms with E-state index in [4.69, 9.17) is 0 Å². The molecule has 2 unspecified atom stereocenters. The van der Waals surface area contributed by atoms with Crippen molar-refractivity contribution in [2.75, 3.05) is 13.6 Å². The van der Waals surface area contributed by atoms with Gasteiger partial charge in [-0.2, -0.15) is 0 Å². The first-order valence-electron chi connectivity index (χ1n) is 6.96. The van der Waals surface area contributed by atoms with Crippen molar-refractivity contribution in [3.05, 3.63) is 29.3 Å². The van der Waals surface area contributed by atoms with Gasteiger partial charge in [0.25, 0.3) is 0 Å². The van der Waals surface area contributed by atoms with Crippen LogP contribution in [-0.2, 0) is 11.2 Å². The summed E-state index contributed by atoms with van der Waals surface area (Å²) in [6.45, 7) is 0.781. The molecule has 1 aliphatic carbocycles. The van der Waals surface area contributed by atoms with E-state index in [1.165, 1.54) is 5.56 Å². The van der Waals surface area contributed by atoms with E-state index in [1.807, 2.05) is 13.1 Å². The van der Waals surface area contributed by atoms with Crippen molar-refractivity contribution >= 4 is 5.91 Å².